The van der Waals surface area contributed by atoms with E-state index in [-0.39, 0.29) is 5.82 Å². The Balaban J connectivity index is 2.25. The molecular weight excluding hydrogens is 267 g/mol. The highest BCUT2D eigenvalue weighted by Crippen LogP contribution is 2.26. The molecule has 0 spiro atoms. The van der Waals surface area contributed by atoms with Gasteiger partial charge in [-0.05, 0) is 31.0 Å². The van der Waals surface area contributed by atoms with Gasteiger partial charge in [-0.1, -0.05) is 23.7 Å². The number of halogens is 2. The van der Waals surface area contributed by atoms with E-state index >= 15 is 0 Å². The predicted molar refractivity (Wildman–Crippen MR) is 72.8 cm³/mol. The normalized spacial score (nSPS) is 12.7. The maximum Gasteiger partial charge on any atom is 0.130 e. The highest BCUT2D eigenvalue weighted by molar-refractivity contribution is 6.30. The summed E-state index contributed by atoms with van der Waals surface area (Å²) in [5.74, 6) is -0.272. The third-order valence-corrected chi connectivity index (χ3v) is 3.71. The van der Waals surface area contributed by atoms with Crippen LogP contribution >= 0.6 is 11.6 Å². The summed E-state index contributed by atoms with van der Waals surface area (Å²) in [5.41, 5.74) is 2.81. The largest absolute Gasteiger partial charge is 0.388 e. The lowest BCUT2D eigenvalue weighted by molar-refractivity contribution is 0.178. The smallest absolute Gasteiger partial charge is 0.130 e. The third-order valence-electron chi connectivity index (χ3n) is 3.23. The molecule has 1 heterocycles. The fourth-order valence-electron chi connectivity index (χ4n) is 2.09. The third kappa shape index (κ3) is 2.80. The average Bonchev–Trinajstić information content (AvgIpc) is 2.59. The van der Waals surface area contributed by atoms with E-state index in [1.807, 2.05) is 6.92 Å². The van der Waals surface area contributed by atoms with Gasteiger partial charge in [0.1, 0.15) is 11.0 Å². The number of hydrogen-bond donors (Lipinski definition) is 1. The second-order valence-corrected chi connectivity index (χ2v) is 5.06. The molecule has 0 saturated heterocycles. The number of aliphatic hydroxyl groups is 1. The summed E-state index contributed by atoms with van der Waals surface area (Å²) in [6.45, 7) is 3.53. The van der Waals surface area contributed by atoms with Crippen molar-refractivity contribution >= 4 is 11.6 Å². The monoisotopic (exact) mass is 282 g/mol. The molecule has 0 amide bonds. The quantitative estimate of drug-likeness (QED) is 0.939. The molecule has 19 heavy (non-hydrogen) atoms. The molecule has 2 aromatic rings. The van der Waals surface area contributed by atoms with Gasteiger partial charge >= 0.3 is 0 Å². The Kier molecular flexibility index (Phi) is 3.92. The van der Waals surface area contributed by atoms with Crippen LogP contribution in [0.2, 0.25) is 5.15 Å². The highest BCUT2D eigenvalue weighted by atomic mass is 35.5. The van der Waals surface area contributed by atoms with Gasteiger partial charge in [-0.25, -0.2) is 4.39 Å². The molecule has 0 aliphatic heterocycles. The zero-order valence-electron chi connectivity index (χ0n) is 11.1. The molecule has 0 bridgehead atoms. The lowest BCUT2D eigenvalue weighted by Gasteiger charge is -2.12. The molecule has 1 unspecified atom stereocenters. The van der Waals surface area contributed by atoms with Crippen molar-refractivity contribution in [1.29, 1.82) is 0 Å². The van der Waals surface area contributed by atoms with Crippen molar-refractivity contribution in [3.63, 3.8) is 0 Å². The van der Waals surface area contributed by atoms with E-state index in [2.05, 4.69) is 5.10 Å². The lowest BCUT2D eigenvalue weighted by atomic mass is 10.0. The Morgan fingerprint density at radius 1 is 1.42 bits per heavy atom. The first-order chi connectivity index (χ1) is 8.90. The van der Waals surface area contributed by atoms with Crippen LogP contribution < -0.4 is 0 Å². The maximum atomic E-state index is 13.2. The van der Waals surface area contributed by atoms with E-state index in [4.69, 9.17) is 11.6 Å². The van der Waals surface area contributed by atoms with Crippen molar-refractivity contribution in [1.82, 2.24) is 9.78 Å². The van der Waals surface area contributed by atoms with Crippen molar-refractivity contribution in [3.8, 4) is 0 Å². The summed E-state index contributed by atoms with van der Waals surface area (Å²) in [6, 6.07) is 4.61. The number of nitrogens with zero attached hydrogens (tertiary/aromatic N) is 2. The maximum absolute atomic E-state index is 13.2. The molecule has 0 aliphatic carbocycles. The molecule has 1 aromatic heterocycles. The van der Waals surface area contributed by atoms with Crippen molar-refractivity contribution in [2.24, 2.45) is 7.05 Å². The standard InChI is InChI=1S/C14H16ClFN2O/c1-8-6-10(4-5-12(8)16)13(19)7-11-9(2)17-18(3)14(11)15/h4-6,13,19H,7H2,1-3H3. The van der Waals surface area contributed by atoms with E-state index < -0.39 is 6.10 Å². The van der Waals surface area contributed by atoms with Crippen molar-refractivity contribution in [2.75, 3.05) is 0 Å². The Hall–Kier alpha value is -1.39. The number of benzene rings is 1. The molecule has 0 aliphatic rings. The summed E-state index contributed by atoms with van der Waals surface area (Å²) in [4.78, 5) is 0. The van der Waals surface area contributed by atoms with Crippen LogP contribution in [0.5, 0.6) is 0 Å². The van der Waals surface area contributed by atoms with Gasteiger partial charge in [0.2, 0.25) is 0 Å². The van der Waals surface area contributed by atoms with Gasteiger partial charge in [-0.2, -0.15) is 5.10 Å². The molecule has 102 valence electrons. The van der Waals surface area contributed by atoms with Gasteiger partial charge in [0.25, 0.3) is 0 Å². The molecule has 0 radical (unpaired) electrons. The minimum Gasteiger partial charge on any atom is -0.388 e. The van der Waals surface area contributed by atoms with E-state index in [9.17, 15) is 9.50 Å². The van der Waals surface area contributed by atoms with Gasteiger partial charge < -0.3 is 5.11 Å². The zero-order valence-corrected chi connectivity index (χ0v) is 11.9. The van der Waals surface area contributed by atoms with Crippen LogP contribution in [-0.4, -0.2) is 14.9 Å². The number of aryl methyl sites for hydroxylation is 3. The van der Waals surface area contributed by atoms with E-state index in [1.54, 1.807) is 30.8 Å². The first-order valence-electron chi connectivity index (χ1n) is 6.02. The summed E-state index contributed by atoms with van der Waals surface area (Å²) >= 11 is 6.13. The molecule has 1 N–H and O–H groups in total. The van der Waals surface area contributed by atoms with Gasteiger partial charge in [0, 0.05) is 19.0 Å². The lowest BCUT2D eigenvalue weighted by Crippen LogP contribution is -2.03. The summed E-state index contributed by atoms with van der Waals surface area (Å²) in [6.07, 6.45) is -0.358. The Morgan fingerprint density at radius 2 is 2.11 bits per heavy atom. The van der Waals surface area contributed by atoms with Crippen molar-refractivity contribution in [3.05, 3.63) is 51.6 Å². The van der Waals surface area contributed by atoms with Crippen LogP contribution in [0.3, 0.4) is 0 Å². The number of rotatable bonds is 3. The zero-order chi connectivity index (χ0) is 14.2. The van der Waals surface area contributed by atoms with E-state index in [0.717, 1.165) is 11.3 Å². The van der Waals surface area contributed by atoms with Crippen LogP contribution in [0.1, 0.15) is 28.5 Å². The predicted octanol–water partition coefficient (Wildman–Crippen LogP) is 3.11. The fraction of sp³-hybridized carbons (Fsp3) is 0.357. The van der Waals surface area contributed by atoms with Crippen LogP contribution in [0.25, 0.3) is 0 Å². The first kappa shape index (κ1) is 14.0. The molecule has 2 rings (SSSR count). The minimum absolute atomic E-state index is 0.272. The second-order valence-electron chi connectivity index (χ2n) is 4.71. The number of hydrogen-bond acceptors (Lipinski definition) is 2. The van der Waals surface area contributed by atoms with Crippen molar-refractivity contribution in [2.45, 2.75) is 26.4 Å². The Labute approximate surface area is 116 Å². The van der Waals surface area contributed by atoms with Crippen LogP contribution in [-0.2, 0) is 13.5 Å². The van der Waals surface area contributed by atoms with Gasteiger partial charge in [0.15, 0.2) is 0 Å². The first-order valence-corrected chi connectivity index (χ1v) is 6.40. The topological polar surface area (TPSA) is 38.1 Å². The van der Waals surface area contributed by atoms with Crippen LogP contribution in [0.15, 0.2) is 18.2 Å². The van der Waals surface area contributed by atoms with E-state index in [0.29, 0.717) is 22.7 Å². The minimum atomic E-state index is -0.723. The average molecular weight is 283 g/mol. The Morgan fingerprint density at radius 3 is 2.63 bits per heavy atom. The highest BCUT2D eigenvalue weighted by Gasteiger charge is 2.17. The van der Waals surface area contributed by atoms with E-state index in [1.165, 1.54) is 6.07 Å². The van der Waals surface area contributed by atoms with Crippen molar-refractivity contribution < 1.29 is 9.50 Å². The van der Waals surface area contributed by atoms with Gasteiger partial charge in [0.05, 0.1) is 11.8 Å². The Bertz CT molecular complexity index is 610. The van der Waals surface area contributed by atoms with Gasteiger partial charge in [-0.3, -0.25) is 4.68 Å². The molecule has 0 saturated carbocycles. The SMILES string of the molecule is Cc1cc(C(O)Cc2c(C)nn(C)c2Cl)ccc1F. The molecule has 5 heteroatoms. The van der Waals surface area contributed by atoms with Gasteiger partial charge in [-0.15, -0.1) is 0 Å². The summed E-state index contributed by atoms with van der Waals surface area (Å²) < 4.78 is 14.8. The molecule has 0 fully saturated rings. The van der Waals surface area contributed by atoms with Crippen LogP contribution in [0, 0.1) is 19.7 Å². The molecule has 1 atom stereocenters. The van der Waals surface area contributed by atoms with Crippen LogP contribution in [0.4, 0.5) is 4.39 Å². The molecule has 1 aromatic carbocycles. The number of aliphatic hydroxyl groups excluding tert-OH is 1. The fourth-order valence-corrected chi connectivity index (χ4v) is 2.34. The molecular formula is C14H16ClFN2O. The second kappa shape index (κ2) is 5.31. The summed E-state index contributed by atoms with van der Waals surface area (Å²) in [5, 5.41) is 15.0. The number of aromatic nitrogens is 2. The molecule has 3 nitrogen and oxygen atoms in total. The summed E-state index contributed by atoms with van der Waals surface area (Å²) in [7, 11) is 1.76.